The first kappa shape index (κ1) is 12.0. The molecule has 3 aromatic rings. The van der Waals surface area contributed by atoms with E-state index in [-0.39, 0.29) is 0 Å². The van der Waals surface area contributed by atoms with Crippen molar-refractivity contribution in [1.82, 2.24) is 0 Å². The summed E-state index contributed by atoms with van der Waals surface area (Å²) in [6.07, 6.45) is 3.03. The molecule has 106 valence electrons. The van der Waals surface area contributed by atoms with Gasteiger partial charge in [0, 0.05) is 6.42 Å². The van der Waals surface area contributed by atoms with Gasteiger partial charge in [0.25, 0.3) is 0 Å². The van der Waals surface area contributed by atoms with E-state index in [0.29, 0.717) is 0 Å². The van der Waals surface area contributed by atoms with Crippen LogP contribution >= 0.6 is 0 Å². The molecule has 1 nitrogen and oxygen atoms in total. The summed E-state index contributed by atoms with van der Waals surface area (Å²) in [4.78, 5) is 0. The number of rotatable bonds is 0. The van der Waals surface area contributed by atoms with Gasteiger partial charge in [-0.25, -0.2) is 0 Å². The molecular weight excluding hydrogens is 268 g/mol. The first-order valence-corrected chi connectivity index (χ1v) is 7.84. The molecule has 0 fully saturated rings. The molecule has 0 aromatic heterocycles. The van der Waals surface area contributed by atoms with Crippen molar-refractivity contribution in [2.75, 3.05) is 0 Å². The summed E-state index contributed by atoms with van der Waals surface area (Å²) in [6.45, 7) is 0. The van der Waals surface area contributed by atoms with Gasteiger partial charge in [0.1, 0.15) is 11.5 Å². The zero-order valence-electron chi connectivity index (χ0n) is 12.3. The average molecular weight is 284 g/mol. The number of ether oxygens (including phenoxy) is 1. The van der Waals surface area contributed by atoms with Crippen molar-refractivity contribution in [1.29, 1.82) is 0 Å². The molecule has 1 aliphatic heterocycles. The zero-order valence-corrected chi connectivity index (χ0v) is 12.3. The lowest BCUT2D eigenvalue weighted by Crippen LogP contribution is -2.10. The molecule has 0 spiro atoms. The summed E-state index contributed by atoms with van der Waals surface area (Å²) in [5.41, 5.74) is 8.39. The van der Waals surface area contributed by atoms with Crippen molar-refractivity contribution in [3.8, 4) is 11.5 Å². The van der Waals surface area contributed by atoms with Gasteiger partial charge < -0.3 is 4.74 Å². The van der Waals surface area contributed by atoms with Crippen molar-refractivity contribution in [3.05, 3.63) is 94.0 Å². The van der Waals surface area contributed by atoms with E-state index in [1.165, 1.54) is 33.4 Å². The van der Waals surface area contributed by atoms with Gasteiger partial charge >= 0.3 is 0 Å². The van der Waals surface area contributed by atoms with E-state index in [0.717, 1.165) is 30.8 Å². The third kappa shape index (κ3) is 1.79. The smallest absolute Gasteiger partial charge is 0.131 e. The number of hydrogen-bond acceptors (Lipinski definition) is 1. The van der Waals surface area contributed by atoms with Crippen molar-refractivity contribution in [2.45, 2.75) is 19.3 Å². The normalized spacial score (nSPS) is 14.2. The summed E-state index contributed by atoms with van der Waals surface area (Å²) < 4.78 is 6.13. The van der Waals surface area contributed by atoms with Gasteiger partial charge in [-0.15, -0.1) is 0 Å². The number of benzene rings is 3. The van der Waals surface area contributed by atoms with Crippen molar-refractivity contribution in [2.24, 2.45) is 0 Å². The Balaban J connectivity index is 1.60. The van der Waals surface area contributed by atoms with Crippen LogP contribution in [0.1, 0.15) is 33.4 Å². The Morgan fingerprint density at radius 3 is 1.86 bits per heavy atom. The van der Waals surface area contributed by atoms with Gasteiger partial charge in [-0.05, 0) is 58.4 Å². The second-order valence-corrected chi connectivity index (χ2v) is 6.24. The molecule has 1 aliphatic carbocycles. The molecule has 0 amide bonds. The Morgan fingerprint density at radius 2 is 1.09 bits per heavy atom. The van der Waals surface area contributed by atoms with Crippen LogP contribution < -0.4 is 4.74 Å². The molecule has 0 radical (unpaired) electrons. The SMILES string of the molecule is c1ccc2c(c1)Cc1cc3c(cc1C2)Oc1ccccc1C3. The van der Waals surface area contributed by atoms with Gasteiger partial charge in [-0.1, -0.05) is 48.5 Å². The Bertz CT molecular complexity index is 748. The van der Waals surface area contributed by atoms with Gasteiger partial charge in [-0.2, -0.15) is 0 Å². The Hall–Kier alpha value is -2.54. The van der Waals surface area contributed by atoms with Crippen molar-refractivity contribution in [3.63, 3.8) is 0 Å². The molecular formula is C21H16O. The molecule has 0 saturated carbocycles. The molecule has 2 aliphatic rings. The largest absolute Gasteiger partial charge is 0.457 e. The molecule has 3 aromatic carbocycles. The van der Waals surface area contributed by atoms with Gasteiger partial charge in [0.15, 0.2) is 0 Å². The molecule has 5 rings (SSSR count). The number of fused-ring (bicyclic) bond motifs is 4. The summed E-state index contributed by atoms with van der Waals surface area (Å²) in [6, 6.07) is 21.7. The molecule has 1 heteroatoms. The van der Waals surface area contributed by atoms with Crippen LogP contribution in [0.25, 0.3) is 0 Å². The Labute approximate surface area is 130 Å². The van der Waals surface area contributed by atoms with Gasteiger partial charge in [-0.3, -0.25) is 0 Å². The van der Waals surface area contributed by atoms with Crippen LogP contribution in [0.5, 0.6) is 11.5 Å². The number of hydrogen-bond donors (Lipinski definition) is 0. The minimum atomic E-state index is 0.973. The van der Waals surface area contributed by atoms with E-state index in [9.17, 15) is 0 Å². The predicted molar refractivity (Wildman–Crippen MR) is 87.8 cm³/mol. The van der Waals surface area contributed by atoms with Crippen molar-refractivity contribution < 1.29 is 4.74 Å². The third-order valence-corrected chi connectivity index (χ3v) is 4.84. The van der Waals surface area contributed by atoms with E-state index in [2.05, 4.69) is 54.6 Å². The molecule has 0 bridgehead atoms. The Morgan fingerprint density at radius 1 is 0.500 bits per heavy atom. The predicted octanol–water partition coefficient (Wildman–Crippen LogP) is 4.88. The lowest BCUT2D eigenvalue weighted by Gasteiger charge is -2.25. The molecule has 1 heterocycles. The topological polar surface area (TPSA) is 9.23 Å². The van der Waals surface area contributed by atoms with Crippen molar-refractivity contribution >= 4 is 0 Å². The first-order chi connectivity index (χ1) is 10.9. The highest BCUT2D eigenvalue weighted by Gasteiger charge is 2.21. The number of para-hydroxylation sites is 1. The maximum atomic E-state index is 6.13. The summed E-state index contributed by atoms with van der Waals surface area (Å²) >= 11 is 0. The molecule has 0 unspecified atom stereocenters. The van der Waals surface area contributed by atoms with Crippen LogP contribution in [0, 0.1) is 0 Å². The summed E-state index contributed by atoms with van der Waals surface area (Å²) in [5, 5.41) is 0. The molecule has 22 heavy (non-hydrogen) atoms. The van der Waals surface area contributed by atoms with Gasteiger partial charge in [0.2, 0.25) is 0 Å². The van der Waals surface area contributed by atoms with E-state index >= 15 is 0 Å². The van der Waals surface area contributed by atoms with Crippen LogP contribution in [0.2, 0.25) is 0 Å². The van der Waals surface area contributed by atoms with E-state index in [4.69, 9.17) is 4.74 Å². The monoisotopic (exact) mass is 284 g/mol. The molecule has 0 atom stereocenters. The van der Waals surface area contributed by atoms with Crippen LogP contribution in [-0.2, 0) is 19.3 Å². The minimum Gasteiger partial charge on any atom is -0.457 e. The highest BCUT2D eigenvalue weighted by atomic mass is 16.5. The Kier molecular flexibility index (Phi) is 2.45. The average Bonchev–Trinajstić information content (AvgIpc) is 2.56. The lowest BCUT2D eigenvalue weighted by molar-refractivity contribution is 0.459. The third-order valence-electron chi connectivity index (χ3n) is 4.84. The fraction of sp³-hybridized carbons (Fsp3) is 0.143. The lowest BCUT2D eigenvalue weighted by atomic mass is 9.84. The quantitative estimate of drug-likeness (QED) is 0.394. The maximum Gasteiger partial charge on any atom is 0.131 e. The highest BCUT2D eigenvalue weighted by molar-refractivity contribution is 5.56. The van der Waals surface area contributed by atoms with Crippen LogP contribution in [0.4, 0.5) is 0 Å². The van der Waals surface area contributed by atoms with Crippen LogP contribution in [-0.4, -0.2) is 0 Å². The van der Waals surface area contributed by atoms with E-state index < -0.39 is 0 Å². The van der Waals surface area contributed by atoms with E-state index in [1.54, 1.807) is 0 Å². The fourth-order valence-electron chi connectivity index (χ4n) is 3.67. The summed E-state index contributed by atoms with van der Waals surface area (Å²) in [7, 11) is 0. The second kappa shape index (κ2) is 4.48. The van der Waals surface area contributed by atoms with Crippen LogP contribution in [0.3, 0.4) is 0 Å². The second-order valence-electron chi connectivity index (χ2n) is 6.24. The molecule has 0 saturated heterocycles. The first-order valence-electron chi connectivity index (χ1n) is 7.84. The fourth-order valence-corrected chi connectivity index (χ4v) is 3.67. The maximum absolute atomic E-state index is 6.13. The highest BCUT2D eigenvalue weighted by Crippen LogP contribution is 2.40. The minimum absolute atomic E-state index is 0.973. The molecule has 0 N–H and O–H groups in total. The van der Waals surface area contributed by atoms with Crippen LogP contribution in [0.15, 0.2) is 60.7 Å². The standard InChI is InChI=1S/C21H16O/c1-2-6-15-10-18-13-21-19(12-17(18)9-14(15)5-1)11-16-7-3-4-8-20(16)22-21/h1-8,12-13H,9-11H2. The zero-order chi connectivity index (χ0) is 14.5. The van der Waals surface area contributed by atoms with Gasteiger partial charge in [0.05, 0.1) is 0 Å². The summed E-state index contributed by atoms with van der Waals surface area (Å²) in [5.74, 6) is 2.04. The van der Waals surface area contributed by atoms with E-state index in [1.807, 2.05) is 6.07 Å².